The third-order valence-corrected chi connectivity index (χ3v) is 2.06. The summed E-state index contributed by atoms with van der Waals surface area (Å²) < 4.78 is 10.5. The molecule has 0 bridgehead atoms. The number of rotatable bonds is 6. The van der Waals surface area contributed by atoms with Gasteiger partial charge in [0.05, 0.1) is 30.6 Å². The van der Waals surface area contributed by atoms with Crippen molar-refractivity contribution in [1.82, 2.24) is 10.5 Å². The predicted molar refractivity (Wildman–Crippen MR) is 64.7 cm³/mol. The van der Waals surface area contributed by atoms with Crippen LogP contribution in [-0.4, -0.2) is 35.1 Å². The number of aliphatic hydroxyl groups is 1. The van der Waals surface area contributed by atoms with E-state index in [1.165, 1.54) is 0 Å². The van der Waals surface area contributed by atoms with E-state index in [0.29, 0.717) is 19.7 Å². The van der Waals surface area contributed by atoms with Crippen LogP contribution in [0.4, 0.5) is 0 Å². The molecule has 0 saturated carbocycles. The molecule has 1 aromatic rings. The van der Waals surface area contributed by atoms with E-state index in [4.69, 9.17) is 9.26 Å². The zero-order chi connectivity index (χ0) is 12.9. The Morgan fingerprint density at radius 1 is 1.53 bits per heavy atom. The molecule has 5 nitrogen and oxygen atoms in total. The van der Waals surface area contributed by atoms with Gasteiger partial charge in [-0.25, -0.2) is 0 Å². The van der Waals surface area contributed by atoms with Crippen molar-refractivity contribution in [3.05, 3.63) is 17.5 Å². The minimum absolute atomic E-state index is 0.219. The fourth-order valence-electron chi connectivity index (χ4n) is 1.27. The highest BCUT2D eigenvalue weighted by Gasteiger charge is 2.13. The molecular weight excluding hydrogens is 220 g/mol. The Bertz CT molecular complexity index is 331. The van der Waals surface area contributed by atoms with Crippen molar-refractivity contribution in [2.45, 2.75) is 45.9 Å². The average Bonchev–Trinajstić information content (AvgIpc) is 2.60. The Morgan fingerprint density at radius 2 is 2.24 bits per heavy atom. The number of nitrogens with zero attached hydrogens (tertiary/aromatic N) is 1. The highest BCUT2D eigenvalue weighted by atomic mass is 16.5. The second-order valence-electron chi connectivity index (χ2n) is 5.14. The summed E-state index contributed by atoms with van der Waals surface area (Å²) >= 11 is 0. The number of aromatic nitrogens is 1. The minimum Gasteiger partial charge on any atom is -0.389 e. The van der Waals surface area contributed by atoms with Crippen molar-refractivity contribution in [1.29, 1.82) is 0 Å². The smallest absolute Gasteiger partial charge is 0.150 e. The second-order valence-corrected chi connectivity index (χ2v) is 5.14. The first-order chi connectivity index (χ1) is 7.87. The molecule has 0 spiro atoms. The van der Waals surface area contributed by atoms with E-state index in [9.17, 15) is 5.11 Å². The van der Waals surface area contributed by atoms with Gasteiger partial charge in [-0.3, -0.25) is 0 Å². The van der Waals surface area contributed by atoms with E-state index in [1.54, 1.807) is 0 Å². The lowest BCUT2D eigenvalue weighted by Gasteiger charge is -2.22. The highest BCUT2D eigenvalue weighted by Crippen LogP contribution is 2.07. The van der Waals surface area contributed by atoms with Gasteiger partial charge in [0.15, 0.2) is 5.76 Å². The quantitative estimate of drug-likeness (QED) is 0.785. The van der Waals surface area contributed by atoms with E-state index < -0.39 is 6.10 Å². The number of aryl methyl sites for hydroxylation is 1. The molecule has 1 unspecified atom stereocenters. The first kappa shape index (κ1) is 14.2. The van der Waals surface area contributed by atoms with Crippen molar-refractivity contribution in [3.63, 3.8) is 0 Å². The van der Waals surface area contributed by atoms with E-state index >= 15 is 0 Å². The molecule has 5 heteroatoms. The lowest BCUT2D eigenvalue weighted by atomic mass is 10.2. The summed E-state index contributed by atoms with van der Waals surface area (Å²) in [6, 6.07) is 1.87. The van der Waals surface area contributed by atoms with Gasteiger partial charge in [-0.2, -0.15) is 0 Å². The normalized spacial score (nSPS) is 13.9. The molecule has 2 N–H and O–H groups in total. The van der Waals surface area contributed by atoms with Crippen molar-refractivity contribution in [3.8, 4) is 0 Å². The molecule has 1 rings (SSSR count). The van der Waals surface area contributed by atoms with Crippen LogP contribution < -0.4 is 5.32 Å². The van der Waals surface area contributed by atoms with Crippen LogP contribution in [0.5, 0.6) is 0 Å². The van der Waals surface area contributed by atoms with Gasteiger partial charge in [-0.05, 0) is 27.7 Å². The van der Waals surface area contributed by atoms with Crippen LogP contribution in [0.25, 0.3) is 0 Å². The van der Waals surface area contributed by atoms with Gasteiger partial charge >= 0.3 is 0 Å². The molecule has 0 aromatic carbocycles. The van der Waals surface area contributed by atoms with Gasteiger partial charge in [0.2, 0.25) is 0 Å². The Labute approximate surface area is 102 Å². The van der Waals surface area contributed by atoms with Crippen molar-refractivity contribution in [2.24, 2.45) is 0 Å². The fourth-order valence-corrected chi connectivity index (χ4v) is 1.27. The second kappa shape index (κ2) is 6.14. The largest absolute Gasteiger partial charge is 0.389 e. The zero-order valence-electron chi connectivity index (χ0n) is 11.0. The molecule has 0 aliphatic carbocycles. The number of hydrogen-bond donors (Lipinski definition) is 2. The maximum absolute atomic E-state index is 9.66. The minimum atomic E-state index is -0.516. The highest BCUT2D eigenvalue weighted by molar-refractivity contribution is 5.02. The maximum Gasteiger partial charge on any atom is 0.150 e. The van der Waals surface area contributed by atoms with E-state index in [-0.39, 0.29) is 5.60 Å². The molecule has 98 valence electrons. The summed E-state index contributed by atoms with van der Waals surface area (Å²) in [6.45, 7) is 9.12. The molecular formula is C12H22N2O3. The Morgan fingerprint density at radius 3 is 2.76 bits per heavy atom. The molecule has 0 fully saturated rings. The predicted octanol–water partition coefficient (Wildman–Crippen LogP) is 1.25. The van der Waals surface area contributed by atoms with E-state index in [2.05, 4.69) is 10.5 Å². The van der Waals surface area contributed by atoms with Crippen LogP contribution in [0.3, 0.4) is 0 Å². The molecule has 0 saturated heterocycles. The van der Waals surface area contributed by atoms with Gasteiger partial charge in [0, 0.05) is 12.6 Å². The van der Waals surface area contributed by atoms with E-state index in [1.807, 2.05) is 33.8 Å². The topological polar surface area (TPSA) is 67.5 Å². The summed E-state index contributed by atoms with van der Waals surface area (Å²) in [7, 11) is 0. The first-order valence-corrected chi connectivity index (χ1v) is 5.82. The molecule has 17 heavy (non-hydrogen) atoms. The third-order valence-electron chi connectivity index (χ3n) is 2.06. The number of nitrogens with one attached hydrogen (secondary N) is 1. The summed E-state index contributed by atoms with van der Waals surface area (Å²) in [6.07, 6.45) is -0.516. The van der Waals surface area contributed by atoms with Crippen LogP contribution in [-0.2, 0) is 11.3 Å². The molecule has 1 atom stereocenters. The van der Waals surface area contributed by atoms with Gasteiger partial charge in [-0.1, -0.05) is 5.16 Å². The maximum atomic E-state index is 9.66. The fraction of sp³-hybridized carbons (Fsp3) is 0.750. The van der Waals surface area contributed by atoms with E-state index in [0.717, 1.165) is 11.5 Å². The Kier molecular flexibility index (Phi) is 5.11. The van der Waals surface area contributed by atoms with Crippen LogP contribution in [0.1, 0.15) is 32.2 Å². The summed E-state index contributed by atoms with van der Waals surface area (Å²) in [5.41, 5.74) is 0.640. The third kappa shape index (κ3) is 6.41. The average molecular weight is 242 g/mol. The molecule has 0 radical (unpaired) electrons. The van der Waals surface area contributed by atoms with Gasteiger partial charge in [0.1, 0.15) is 0 Å². The van der Waals surface area contributed by atoms with Crippen molar-refractivity contribution in [2.75, 3.05) is 13.2 Å². The molecule has 0 aliphatic heterocycles. The van der Waals surface area contributed by atoms with Gasteiger partial charge < -0.3 is 19.7 Å². The molecule has 0 aliphatic rings. The Hall–Kier alpha value is -0.910. The molecule has 0 amide bonds. The molecule has 1 heterocycles. The summed E-state index contributed by atoms with van der Waals surface area (Å²) in [4.78, 5) is 0. The Balaban J connectivity index is 2.14. The van der Waals surface area contributed by atoms with Crippen molar-refractivity contribution < 1.29 is 14.4 Å². The van der Waals surface area contributed by atoms with Crippen LogP contribution >= 0.6 is 0 Å². The monoisotopic (exact) mass is 242 g/mol. The lowest BCUT2D eigenvalue weighted by Crippen LogP contribution is -2.33. The standard InChI is InChI=1S/C12H22N2O3/c1-9-5-11(17-14-9)7-13-6-10(15)8-16-12(2,3)4/h5,10,13,15H,6-8H2,1-4H3. The SMILES string of the molecule is Cc1cc(CNCC(O)COC(C)(C)C)on1. The van der Waals surface area contributed by atoms with Gasteiger partial charge in [-0.15, -0.1) is 0 Å². The van der Waals surface area contributed by atoms with Crippen LogP contribution in [0, 0.1) is 6.92 Å². The van der Waals surface area contributed by atoms with Crippen LogP contribution in [0.2, 0.25) is 0 Å². The van der Waals surface area contributed by atoms with Gasteiger partial charge in [0.25, 0.3) is 0 Å². The summed E-state index contributed by atoms with van der Waals surface area (Å²) in [5.74, 6) is 0.770. The first-order valence-electron chi connectivity index (χ1n) is 5.82. The molecule has 1 aromatic heterocycles. The lowest BCUT2D eigenvalue weighted by molar-refractivity contribution is -0.0480. The number of aliphatic hydroxyl groups excluding tert-OH is 1. The number of ether oxygens (including phenoxy) is 1. The number of hydrogen-bond acceptors (Lipinski definition) is 5. The zero-order valence-corrected chi connectivity index (χ0v) is 11.0. The van der Waals surface area contributed by atoms with Crippen molar-refractivity contribution >= 4 is 0 Å². The van der Waals surface area contributed by atoms with Crippen LogP contribution in [0.15, 0.2) is 10.6 Å². The summed E-state index contributed by atoms with van der Waals surface area (Å²) in [5, 5.41) is 16.5.